The molecule has 1 saturated carbocycles. The molecule has 0 unspecified atom stereocenters. The molecule has 3 fully saturated rings. The van der Waals surface area contributed by atoms with E-state index in [-0.39, 0.29) is 29.7 Å². The first-order valence-electron chi connectivity index (χ1n) is 9.90. The molecule has 7 nitrogen and oxygen atoms in total. The van der Waals surface area contributed by atoms with E-state index < -0.39 is 0 Å². The summed E-state index contributed by atoms with van der Waals surface area (Å²) in [6.07, 6.45) is 6.76. The monoisotopic (exact) mass is 373 g/mol. The molecule has 0 bridgehead atoms. The minimum absolute atomic E-state index is 0.00107. The zero-order chi connectivity index (χ0) is 19.0. The van der Waals surface area contributed by atoms with Crippen LogP contribution in [0.5, 0.6) is 0 Å². The van der Waals surface area contributed by atoms with Gasteiger partial charge in [-0.05, 0) is 37.7 Å². The number of amides is 3. The summed E-state index contributed by atoms with van der Waals surface area (Å²) in [5.74, 6) is 1.06. The Bertz CT molecular complexity index is 705. The summed E-state index contributed by atoms with van der Waals surface area (Å²) in [6.45, 7) is 4.21. The molecule has 7 heteroatoms. The fraction of sp³-hybridized carbons (Fsp3) is 0.650. The number of likely N-dealkylation sites (tertiary alicyclic amines) is 2. The van der Waals surface area contributed by atoms with Gasteiger partial charge in [0.25, 0.3) is 5.91 Å². The summed E-state index contributed by atoms with van der Waals surface area (Å²) >= 11 is 0. The number of carbonyl (C=O) groups is 3. The number of furan rings is 1. The van der Waals surface area contributed by atoms with Crippen molar-refractivity contribution in [1.29, 1.82) is 0 Å². The van der Waals surface area contributed by atoms with E-state index in [4.69, 9.17) is 4.42 Å². The van der Waals surface area contributed by atoms with Gasteiger partial charge < -0.3 is 19.5 Å². The number of nitrogens with one attached hydrogen (secondary N) is 1. The van der Waals surface area contributed by atoms with Crippen molar-refractivity contribution in [3.63, 3.8) is 0 Å². The molecule has 27 heavy (non-hydrogen) atoms. The fourth-order valence-electron chi connectivity index (χ4n) is 4.51. The van der Waals surface area contributed by atoms with Crippen LogP contribution in [-0.2, 0) is 9.59 Å². The number of hydrogen-bond acceptors (Lipinski definition) is 4. The van der Waals surface area contributed by atoms with Crippen LogP contribution in [0.2, 0.25) is 0 Å². The first kappa shape index (κ1) is 18.1. The van der Waals surface area contributed by atoms with Crippen molar-refractivity contribution in [1.82, 2.24) is 15.1 Å². The number of nitrogens with zero attached hydrogens (tertiary/aromatic N) is 2. The van der Waals surface area contributed by atoms with Crippen molar-refractivity contribution in [3.8, 4) is 0 Å². The Hall–Kier alpha value is -2.31. The van der Waals surface area contributed by atoms with E-state index in [1.165, 1.54) is 25.4 Å². The van der Waals surface area contributed by atoms with Crippen LogP contribution in [0.15, 0.2) is 23.0 Å². The predicted molar refractivity (Wildman–Crippen MR) is 97.7 cm³/mol. The SMILES string of the molecule is CC(=O)N1CCC(C(=O)N2C[C@H](NC(=O)c3ccoc3)[C@@H](C3CC3)C2)CC1. The average Bonchev–Trinajstić information content (AvgIpc) is 3.19. The maximum absolute atomic E-state index is 13.0. The summed E-state index contributed by atoms with van der Waals surface area (Å²) in [6, 6.07) is 1.66. The van der Waals surface area contributed by atoms with Gasteiger partial charge in [0.05, 0.1) is 17.9 Å². The molecule has 0 radical (unpaired) electrons. The van der Waals surface area contributed by atoms with Crippen molar-refractivity contribution >= 4 is 17.7 Å². The van der Waals surface area contributed by atoms with Gasteiger partial charge in [0.2, 0.25) is 11.8 Å². The molecular formula is C20H27N3O4. The molecule has 2 atom stereocenters. The van der Waals surface area contributed by atoms with Crippen LogP contribution < -0.4 is 5.32 Å². The van der Waals surface area contributed by atoms with Gasteiger partial charge in [-0.2, -0.15) is 0 Å². The molecule has 3 amide bonds. The Morgan fingerprint density at radius 3 is 2.41 bits per heavy atom. The Labute approximate surface area is 159 Å². The smallest absolute Gasteiger partial charge is 0.254 e. The predicted octanol–water partition coefficient (Wildman–Crippen LogP) is 1.50. The lowest BCUT2D eigenvalue weighted by Crippen LogP contribution is -2.44. The minimum atomic E-state index is -0.136. The van der Waals surface area contributed by atoms with Crippen molar-refractivity contribution < 1.29 is 18.8 Å². The van der Waals surface area contributed by atoms with E-state index in [1.807, 2.05) is 9.80 Å². The largest absolute Gasteiger partial charge is 0.472 e. The highest BCUT2D eigenvalue weighted by Crippen LogP contribution is 2.42. The molecular weight excluding hydrogens is 346 g/mol. The third-order valence-corrected chi connectivity index (χ3v) is 6.29. The van der Waals surface area contributed by atoms with Gasteiger partial charge in [-0.1, -0.05) is 0 Å². The first-order chi connectivity index (χ1) is 13.0. The molecule has 2 saturated heterocycles. The molecule has 1 aromatic rings. The van der Waals surface area contributed by atoms with Gasteiger partial charge in [-0.15, -0.1) is 0 Å². The highest BCUT2D eigenvalue weighted by Gasteiger charge is 2.45. The molecule has 3 aliphatic rings. The van der Waals surface area contributed by atoms with Crippen molar-refractivity contribution in [2.24, 2.45) is 17.8 Å². The lowest BCUT2D eigenvalue weighted by molar-refractivity contribution is -0.139. The highest BCUT2D eigenvalue weighted by atomic mass is 16.3. The van der Waals surface area contributed by atoms with E-state index in [1.54, 1.807) is 13.0 Å². The van der Waals surface area contributed by atoms with Gasteiger partial charge in [0, 0.05) is 44.9 Å². The molecule has 4 rings (SSSR count). The quantitative estimate of drug-likeness (QED) is 0.867. The normalized spacial score (nSPS) is 26.3. The highest BCUT2D eigenvalue weighted by molar-refractivity contribution is 5.94. The van der Waals surface area contributed by atoms with Gasteiger partial charge in [-0.3, -0.25) is 14.4 Å². The van der Waals surface area contributed by atoms with Gasteiger partial charge in [-0.25, -0.2) is 0 Å². The summed E-state index contributed by atoms with van der Waals surface area (Å²) in [4.78, 5) is 40.7. The van der Waals surface area contributed by atoms with Gasteiger partial charge >= 0.3 is 0 Å². The Morgan fingerprint density at radius 1 is 1.07 bits per heavy atom. The second-order valence-corrected chi connectivity index (χ2v) is 8.12. The zero-order valence-electron chi connectivity index (χ0n) is 15.7. The third-order valence-electron chi connectivity index (χ3n) is 6.29. The summed E-state index contributed by atoms with van der Waals surface area (Å²) in [5, 5.41) is 3.12. The van der Waals surface area contributed by atoms with Crippen LogP contribution in [0, 0.1) is 17.8 Å². The second-order valence-electron chi connectivity index (χ2n) is 8.12. The van der Waals surface area contributed by atoms with E-state index in [0.29, 0.717) is 37.0 Å². The minimum Gasteiger partial charge on any atom is -0.472 e. The zero-order valence-corrected chi connectivity index (χ0v) is 15.7. The van der Waals surface area contributed by atoms with E-state index in [2.05, 4.69) is 5.32 Å². The van der Waals surface area contributed by atoms with Crippen molar-refractivity contribution in [2.75, 3.05) is 26.2 Å². The van der Waals surface area contributed by atoms with Crippen LogP contribution in [0.25, 0.3) is 0 Å². The van der Waals surface area contributed by atoms with Crippen LogP contribution in [0.1, 0.15) is 43.0 Å². The summed E-state index contributed by atoms with van der Waals surface area (Å²) < 4.78 is 5.00. The van der Waals surface area contributed by atoms with E-state index in [9.17, 15) is 14.4 Å². The van der Waals surface area contributed by atoms with Crippen LogP contribution in [0.4, 0.5) is 0 Å². The van der Waals surface area contributed by atoms with Gasteiger partial charge in [0.15, 0.2) is 0 Å². The average molecular weight is 373 g/mol. The maximum Gasteiger partial charge on any atom is 0.254 e. The molecule has 146 valence electrons. The number of piperidine rings is 1. The molecule has 3 heterocycles. The summed E-state index contributed by atoms with van der Waals surface area (Å²) in [7, 11) is 0. The van der Waals surface area contributed by atoms with Crippen LogP contribution in [0.3, 0.4) is 0 Å². The number of hydrogen-bond donors (Lipinski definition) is 1. The third kappa shape index (κ3) is 3.87. The molecule has 1 N–H and O–H groups in total. The van der Waals surface area contributed by atoms with E-state index >= 15 is 0 Å². The lowest BCUT2D eigenvalue weighted by atomic mass is 9.95. The van der Waals surface area contributed by atoms with E-state index in [0.717, 1.165) is 19.4 Å². The Balaban J connectivity index is 1.37. The maximum atomic E-state index is 13.0. The van der Waals surface area contributed by atoms with Crippen molar-refractivity contribution in [3.05, 3.63) is 24.2 Å². The second kappa shape index (κ2) is 7.37. The summed E-state index contributed by atoms with van der Waals surface area (Å²) in [5.41, 5.74) is 0.519. The molecule has 1 aliphatic carbocycles. The fourth-order valence-corrected chi connectivity index (χ4v) is 4.51. The van der Waals surface area contributed by atoms with Crippen LogP contribution in [-0.4, -0.2) is 59.7 Å². The Morgan fingerprint density at radius 2 is 1.81 bits per heavy atom. The lowest BCUT2D eigenvalue weighted by Gasteiger charge is -2.32. The first-order valence-corrected chi connectivity index (χ1v) is 9.90. The standard InChI is InChI=1S/C20H27N3O4/c1-13(24)22-7-4-15(5-8-22)20(26)23-10-17(14-2-3-14)18(11-23)21-19(25)16-6-9-27-12-16/h6,9,12,14-15,17-18H,2-5,7-8,10-11H2,1H3,(H,21,25)/t17-,18+/m1/s1. The van der Waals surface area contributed by atoms with Crippen molar-refractivity contribution in [2.45, 2.75) is 38.6 Å². The number of carbonyl (C=O) groups excluding carboxylic acids is 3. The topological polar surface area (TPSA) is 82.9 Å². The molecule has 2 aliphatic heterocycles. The number of rotatable bonds is 4. The molecule has 1 aromatic heterocycles. The Kier molecular flexibility index (Phi) is 4.93. The molecule has 0 spiro atoms. The van der Waals surface area contributed by atoms with Gasteiger partial charge in [0.1, 0.15) is 6.26 Å². The molecule has 0 aromatic carbocycles. The van der Waals surface area contributed by atoms with Crippen LogP contribution >= 0.6 is 0 Å².